The van der Waals surface area contributed by atoms with Crippen LogP contribution in [-0.4, -0.2) is 11.2 Å². The van der Waals surface area contributed by atoms with Gasteiger partial charge in [0, 0.05) is 18.1 Å². The lowest BCUT2D eigenvalue weighted by Gasteiger charge is -2.16. The summed E-state index contributed by atoms with van der Waals surface area (Å²) in [5, 5.41) is 1.23. The van der Waals surface area contributed by atoms with Crippen LogP contribution in [0.2, 0.25) is 0 Å². The minimum Gasteiger partial charge on any atom is -0.490 e. The Morgan fingerprint density at radius 1 is 1.43 bits per heavy atom. The molecular weight excluding hydrogens is 176 g/mol. The van der Waals surface area contributed by atoms with Crippen molar-refractivity contribution >= 4 is 10.9 Å². The molecule has 3 nitrogen and oxygen atoms in total. The van der Waals surface area contributed by atoms with Gasteiger partial charge in [-0.2, -0.15) is 0 Å². The molecule has 1 aliphatic rings. The van der Waals surface area contributed by atoms with Crippen LogP contribution in [0, 0.1) is 0 Å². The van der Waals surface area contributed by atoms with Crippen LogP contribution in [0.4, 0.5) is 0 Å². The van der Waals surface area contributed by atoms with E-state index in [2.05, 4.69) is 16.8 Å². The highest BCUT2D eigenvalue weighted by molar-refractivity contribution is 5.89. The predicted octanol–water partition coefficient (Wildman–Crippen LogP) is 1.49. The Labute approximate surface area is 82.1 Å². The minimum absolute atomic E-state index is 0.590. The summed E-state index contributed by atoms with van der Waals surface area (Å²) in [7, 11) is 0. The second kappa shape index (κ2) is 2.75. The molecular formula is C11H12N2O. The normalized spacial score (nSPS) is 14.4. The van der Waals surface area contributed by atoms with E-state index in [0.29, 0.717) is 6.54 Å². The molecule has 0 bridgehead atoms. The lowest BCUT2D eigenvalue weighted by Crippen LogP contribution is -2.12. The van der Waals surface area contributed by atoms with Gasteiger partial charge in [-0.15, -0.1) is 0 Å². The van der Waals surface area contributed by atoms with Crippen LogP contribution >= 0.6 is 0 Å². The van der Waals surface area contributed by atoms with E-state index in [1.165, 1.54) is 16.5 Å². The Hall–Kier alpha value is -1.48. The Bertz CT molecular complexity index is 487. The number of nitrogens with zero attached hydrogens (tertiary/aromatic N) is 1. The van der Waals surface area contributed by atoms with Crippen molar-refractivity contribution in [2.45, 2.75) is 13.1 Å². The largest absolute Gasteiger partial charge is 0.490 e. The zero-order chi connectivity index (χ0) is 9.54. The standard InChI is InChI=1S/C11H12N2O/c12-6-8-7-13-4-5-14-10-3-1-2-9(8)11(10)13/h1-3,7H,4-6,12H2. The molecule has 72 valence electrons. The summed E-state index contributed by atoms with van der Waals surface area (Å²) in [5.74, 6) is 0.980. The molecule has 1 aromatic heterocycles. The molecule has 3 heteroatoms. The van der Waals surface area contributed by atoms with E-state index in [4.69, 9.17) is 10.5 Å². The summed E-state index contributed by atoms with van der Waals surface area (Å²) in [6.45, 7) is 2.27. The van der Waals surface area contributed by atoms with Gasteiger partial charge < -0.3 is 15.0 Å². The van der Waals surface area contributed by atoms with Gasteiger partial charge >= 0.3 is 0 Å². The van der Waals surface area contributed by atoms with Crippen molar-refractivity contribution in [2.75, 3.05) is 6.61 Å². The van der Waals surface area contributed by atoms with Gasteiger partial charge in [0.05, 0.1) is 12.1 Å². The number of hydrogen-bond acceptors (Lipinski definition) is 2. The van der Waals surface area contributed by atoms with E-state index in [1.54, 1.807) is 0 Å². The van der Waals surface area contributed by atoms with Gasteiger partial charge in [-0.05, 0) is 11.6 Å². The first kappa shape index (κ1) is 7.88. The van der Waals surface area contributed by atoms with E-state index in [0.717, 1.165) is 18.9 Å². The third kappa shape index (κ3) is 0.902. The van der Waals surface area contributed by atoms with Crippen molar-refractivity contribution in [1.29, 1.82) is 0 Å². The van der Waals surface area contributed by atoms with Gasteiger partial charge in [0.2, 0.25) is 0 Å². The maximum absolute atomic E-state index is 5.70. The molecule has 0 saturated heterocycles. The highest BCUT2D eigenvalue weighted by Gasteiger charge is 2.15. The molecule has 0 aliphatic carbocycles. The molecule has 0 saturated carbocycles. The topological polar surface area (TPSA) is 40.2 Å². The molecule has 2 N–H and O–H groups in total. The van der Waals surface area contributed by atoms with Crippen LogP contribution in [0.15, 0.2) is 24.4 Å². The first-order valence-electron chi connectivity index (χ1n) is 4.84. The third-order valence-corrected chi connectivity index (χ3v) is 2.75. The average molecular weight is 188 g/mol. The molecule has 3 rings (SSSR count). The van der Waals surface area contributed by atoms with E-state index in [9.17, 15) is 0 Å². The van der Waals surface area contributed by atoms with Crippen molar-refractivity contribution < 1.29 is 4.74 Å². The monoisotopic (exact) mass is 188 g/mol. The molecule has 0 radical (unpaired) electrons. The number of rotatable bonds is 1. The fraction of sp³-hybridized carbons (Fsp3) is 0.273. The van der Waals surface area contributed by atoms with Crippen LogP contribution in [-0.2, 0) is 13.1 Å². The molecule has 0 atom stereocenters. The number of benzene rings is 1. The number of para-hydroxylation sites is 1. The zero-order valence-electron chi connectivity index (χ0n) is 7.86. The zero-order valence-corrected chi connectivity index (χ0v) is 7.86. The van der Waals surface area contributed by atoms with Gasteiger partial charge in [0.1, 0.15) is 12.4 Å². The summed E-state index contributed by atoms with van der Waals surface area (Å²) in [5.41, 5.74) is 8.10. The van der Waals surface area contributed by atoms with Crippen molar-refractivity contribution in [3.8, 4) is 5.75 Å². The summed E-state index contributed by atoms with van der Waals surface area (Å²) in [6.07, 6.45) is 2.14. The van der Waals surface area contributed by atoms with Gasteiger partial charge in [-0.3, -0.25) is 0 Å². The van der Waals surface area contributed by atoms with E-state index < -0.39 is 0 Å². The number of ether oxygens (including phenoxy) is 1. The predicted molar refractivity (Wildman–Crippen MR) is 55.3 cm³/mol. The second-order valence-electron chi connectivity index (χ2n) is 3.55. The Morgan fingerprint density at radius 2 is 2.36 bits per heavy atom. The average Bonchev–Trinajstić information content (AvgIpc) is 2.60. The maximum atomic E-state index is 5.70. The van der Waals surface area contributed by atoms with E-state index in [1.807, 2.05) is 12.1 Å². The van der Waals surface area contributed by atoms with Gasteiger partial charge in [0.15, 0.2) is 0 Å². The van der Waals surface area contributed by atoms with Gasteiger partial charge in [-0.1, -0.05) is 12.1 Å². The van der Waals surface area contributed by atoms with Crippen molar-refractivity contribution in [2.24, 2.45) is 5.73 Å². The van der Waals surface area contributed by atoms with Gasteiger partial charge in [0.25, 0.3) is 0 Å². The Kier molecular flexibility index (Phi) is 1.55. The van der Waals surface area contributed by atoms with E-state index in [-0.39, 0.29) is 0 Å². The van der Waals surface area contributed by atoms with E-state index >= 15 is 0 Å². The fourth-order valence-corrected chi connectivity index (χ4v) is 2.11. The molecule has 0 fully saturated rings. The number of hydrogen-bond donors (Lipinski definition) is 1. The molecule has 0 amide bonds. The smallest absolute Gasteiger partial charge is 0.143 e. The number of nitrogens with two attached hydrogens (primary N) is 1. The number of aromatic nitrogens is 1. The Morgan fingerprint density at radius 3 is 3.21 bits per heavy atom. The molecule has 1 aliphatic heterocycles. The fourth-order valence-electron chi connectivity index (χ4n) is 2.11. The lowest BCUT2D eigenvalue weighted by molar-refractivity contribution is 0.287. The van der Waals surface area contributed by atoms with Crippen LogP contribution in [0.5, 0.6) is 5.75 Å². The van der Waals surface area contributed by atoms with Crippen molar-refractivity contribution in [3.05, 3.63) is 30.0 Å². The van der Waals surface area contributed by atoms with Crippen LogP contribution in [0.1, 0.15) is 5.56 Å². The molecule has 1 aromatic carbocycles. The molecule has 14 heavy (non-hydrogen) atoms. The van der Waals surface area contributed by atoms with Crippen molar-refractivity contribution in [1.82, 2.24) is 4.57 Å². The molecule has 2 heterocycles. The summed E-state index contributed by atoms with van der Waals surface area (Å²) >= 11 is 0. The van der Waals surface area contributed by atoms with Gasteiger partial charge in [-0.25, -0.2) is 0 Å². The highest BCUT2D eigenvalue weighted by atomic mass is 16.5. The highest BCUT2D eigenvalue weighted by Crippen LogP contribution is 2.31. The third-order valence-electron chi connectivity index (χ3n) is 2.75. The summed E-state index contributed by atoms with van der Waals surface area (Å²) in [6, 6.07) is 6.14. The SMILES string of the molecule is NCc1cn2c3c(cccc13)OCC2. The first-order valence-corrected chi connectivity index (χ1v) is 4.84. The first-order chi connectivity index (χ1) is 6.90. The van der Waals surface area contributed by atoms with Crippen LogP contribution in [0.25, 0.3) is 10.9 Å². The van der Waals surface area contributed by atoms with Crippen molar-refractivity contribution in [3.63, 3.8) is 0 Å². The summed E-state index contributed by atoms with van der Waals surface area (Å²) < 4.78 is 7.82. The molecule has 2 aromatic rings. The Balaban J connectivity index is 2.42. The maximum Gasteiger partial charge on any atom is 0.143 e. The minimum atomic E-state index is 0.590. The summed E-state index contributed by atoms with van der Waals surface area (Å²) in [4.78, 5) is 0. The molecule has 0 spiro atoms. The molecule has 0 unspecified atom stereocenters. The second-order valence-corrected chi connectivity index (χ2v) is 3.55. The quantitative estimate of drug-likeness (QED) is 0.736. The van der Waals surface area contributed by atoms with Crippen LogP contribution in [0.3, 0.4) is 0 Å². The lowest BCUT2D eigenvalue weighted by atomic mass is 10.1. The van der Waals surface area contributed by atoms with Crippen LogP contribution < -0.4 is 10.5 Å².